The highest BCUT2D eigenvalue weighted by Gasteiger charge is 2.36. The van der Waals surface area contributed by atoms with Gasteiger partial charge in [0.15, 0.2) is 6.10 Å². The fourth-order valence-electron chi connectivity index (χ4n) is 1.47. The molecule has 0 aliphatic rings. The first kappa shape index (κ1) is 17.4. The van der Waals surface area contributed by atoms with Crippen LogP contribution in [0.2, 0.25) is 0 Å². The van der Waals surface area contributed by atoms with Gasteiger partial charge in [-0.1, -0.05) is 12.1 Å². The van der Waals surface area contributed by atoms with E-state index in [0.29, 0.717) is 6.07 Å². The summed E-state index contributed by atoms with van der Waals surface area (Å²) in [7, 11) is -4.47. The standard InChI is InChI=1S/C11H12F3NO5S/c12-11(13,14)7-3-1-2-4-9(7)21(19,20)15-6-5-8(16)10(17)18/h1-4,8,15-16H,5-6H2,(H,17,18)/t8-/m0/s1. The van der Waals surface area contributed by atoms with Crippen molar-refractivity contribution in [3.63, 3.8) is 0 Å². The number of benzene rings is 1. The zero-order chi connectivity index (χ0) is 16.3. The SMILES string of the molecule is O=C(O)[C@@H](O)CCNS(=O)(=O)c1ccccc1C(F)(F)F. The predicted molar refractivity (Wildman–Crippen MR) is 64.9 cm³/mol. The molecule has 0 saturated heterocycles. The largest absolute Gasteiger partial charge is 0.479 e. The number of sulfonamides is 1. The van der Waals surface area contributed by atoms with Gasteiger partial charge in [-0.15, -0.1) is 0 Å². The summed E-state index contributed by atoms with van der Waals surface area (Å²) >= 11 is 0. The number of carboxylic acids is 1. The fraction of sp³-hybridized carbons (Fsp3) is 0.364. The molecule has 3 N–H and O–H groups in total. The van der Waals surface area contributed by atoms with Crippen molar-refractivity contribution in [2.75, 3.05) is 6.54 Å². The van der Waals surface area contributed by atoms with Gasteiger partial charge in [0.2, 0.25) is 10.0 Å². The van der Waals surface area contributed by atoms with Crippen molar-refractivity contribution < 1.29 is 36.6 Å². The molecule has 0 fully saturated rings. The number of nitrogens with one attached hydrogen (secondary N) is 1. The van der Waals surface area contributed by atoms with Crippen LogP contribution in [0.4, 0.5) is 13.2 Å². The van der Waals surface area contributed by atoms with Crippen LogP contribution in [0.3, 0.4) is 0 Å². The lowest BCUT2D eigenvalue weighted by molar-refractivity contribution is -0.146. The van der Waals surface area contributed by atoms with E-state index in [1.54, 1.807) is 0 Å². The molecule has 10 heteroatoms. The molecule has 1 atom stereocenters. The van der Waals surface area contributed by atoms with E-state index < -0.39 is 51.7 Å². The van der Waals surface area contributed by atoms with E-state index >= 15 is 0 Å². The molecule has 0 radical (unpaired) electrons. The van der Waals surface area contributed by atoms with E-state index in [9.17, 15) is 26.4 Å². The van der Waals surface area contributed by atoms with Gasteiger partial charge >= 0.3 is 12.1 Å². The van der Waals surface area contributed by atoms with Crippen molar-refractivity contribution in [2.45, 2.75) is 23.6 Å². The second-order valence-electron chi connectivity index (χ2n) is 4.03. The summed E-state index contributed by atoms with van der Waals surface area (Å²) in [4.78, 5) is 9.38. The lowest BCUT2D eigenvalue weighted by Crippen LogP contribution is -2.31. The Morgan fingerprint density at radius 2 is 1.86 bits per heavy atom. The van der Waals surface area contributed by atoms with E-state index in [0.717, 1.165) is 18.2 Å². The highest BCUT2D eigenvalue weighted by Crippen LogP contribution is 2.33. The monoisotopic (exact) mass is 327 g/mol. The molecule has 0 unspecified atom stereocenters. The van der Waals surface area contributed by atoms with Crippen molar-refractivity contribution in [1.82, 2.24) is 4.72 Å². The molecule has 118 valence electrons. The number of rotatable bonds is 6. The van der Waals surface area contributed by atoms with E-state index in [1.807, 2.05) is 4.72 Å². The summed E-state index contributed by atoms with van der Waals surface area (Å²) in [6, 6.07) is 3.60. The molecule has 0 spiro atoms. The van der Waals surface area contributed by atoms with Crippen LogP contribution in [0.15, 0.2) is 29.2 Å². The normalized spacial score (nSPS) is 13.9. The van der Waals surface area contributed by atoms with Crippen molar-refractivity contribution in [1.29, 1.82) is 0 Å². The van der Waals surface area contributed by atoms with Crippen molar-refractivity contribution in [3.8, 4) is 0 Å². The van der Waals surface area contributed by atoms with Gasteiger partial charge in [-0.3, -0.25) is 0 Å². The molecular weight excluding hydrogens is 315 g/mol. The summed E-state index contributed by atoms with van der Waals surface area (Å²) in [6.45, 7) is -0.512. The third kappa shape index (κ3) is 4.69. The number of halogens is 3. The molecular formula is C11H12F3NO5S. The maximum atomic E-state index is 12.7. The zero-order valence-electron chi connectivity index (χ0n) is 10.5. The molecule has 1 aromatic carbocycles. The first-order chi connectivity index (χ1) is 9.55. The van der Waals surface area contributed by atoms with Crippen LogP contribution in [0.5, 0.6) is 0 Å². The first-order valence-electron chi connectivity index (χ1n) is 5.62. The molecule has 0 aromatic heterocycles. The number of hydrogen-bond donors (Lipinski definition) is 3. The second kappa shape index (κ2) is 6.41. The lowest BCUT2D eigenvalue weighted by atomic mass is 10.2. The van der Waals surface area contributed by atoms with Gasteiger partial charge in [0.1, 0.15) is 0 Å². The Kier molecular flexibility index (Phi) is 5.31. The Hall–Kier alpha value is -1.65. The molecule has 0 bridgehead atoms. The number of aliphatic hydroxyl groups excluding tert-OH is 1. The Labute approximate surface area is 118 Å². The minimum atomic E-state index is -4.84. The molecule has 1 aromatic rings. The van der Waals surface area contributed by atoms with Crippen LogP contribution in [0.25, 0.3) is 0 Å². The third-order valence-electron chi connectivity index (χ3n) is 2.48. The Bertz CT molecular complexity index is 615. The molecule has 21 heavy (non-hydrogen) atoms. The van der Waals surface area contributed by atoms with Gasteiger partial charge in [0.05, 0.1) is 10.5 Å². The smallest absolute Gasteiger partial charge is 0.417 e. The Morgan fingerprint density at radius 3 is 2.38 bits per heavy atom. The number of hydrogen-bond acceptors (Lipinski definition) is 4. The summed E-state index contributed by atoms with van der Waals surface area (Å²) in [6.07, 6.45) is -7.11. The van der Waals surface area contributed by atoms with Gasteiger partial charge in [-0.05, 0) is 18.6 Å². The number of aliphatic carboxylic acids is 1. The van der Waals surface area contributed by atoms with Crippen molar-refractivity contribution >= 4 is 16.0 Å². The maximum absolute atomic E-state index is 12.7. The van der Waals surface area contributed by atoms with Crippen LogP contribution >= 0.6 is 0 Å². The second-order valence-corrected chi connectivity index (χ2v) is 5.77. The number of aliphatic hydroxyl groups is 1. The van der Waals surface area contributed by atoms with Crippen molar-refractivity contribution in [3.05, 3.63) is 29.8 Å². The van der Waals surface area contributed by atoms with Crippen LogP contribution in [0.1, 0.15) is 12.0 Å². The number of carboxylic acid groups (broad SMARTS) is 1. The van der Waals surface area contributed by atoms with E-state index in [-0.39, 0.29) is 0 Å². The van der Waals surface area contributed by atoms with Crippen LogP contribution in [-0.2, 0) is 21.0 Å². The van der Waals surface area contributed by atoms with Crippen LogP contribution < -0.4 is 4.72 Å². The van der Waals surface area contributed by atoms with Crippen LogP contribution in [-0.4, -0.2) is 37.2 Å². The molecule has 0 amide bonds. The zero-order valence-corrected chi connectivity index (χ0v) is 11.3. The summed E-state index contributed by atoms with van der Waals surface area (Å²) in [5.41, 5.74) is -1.32. The van der Waals surface area contributed by atoms with Crippen molar-refractivity contribution in [2.24, 2.45) is 0 Å². The highest BCUT2D eigenvalue weighted by atomic mass is 32.2. The summed E-state index contributed by atoms with van der Waals surface area (Å²) < 4.78 is 63.6. The Morgan fingerprint density at radius 1 is 1.29 bits per heavy atom. The third-order valence-corrected chi connectivity index (χ3v) is 4.00. The van der Waals surface area contributed by atoms with Gasteiger partial charge in [-0.25, -0.2) is 17.9 Å². The van der Waals surface area contributed by atoms with E-state index in [4.69, 9.17) is 10.2 Å². The maximum Gasteiger partial charge on any atom is 0.417 e. The highest BCUT2D eigenvalue weighted by molar-refractivity contribution is 7.89. The molecule has 6 nitrogen and oxygen atoms in total. The van der Waals surface area contributed by atoms with Gasteiger partial charge in [0, 0.05) is 6.54 Å². The van der Waals surface area contributed by atoms with E-state index in [1.165, 1.54) is 0 Å². The molecule has 0 heterocycles. The minimum absolute atomic E-state index is 0.469. The fourth-order valence-corrected chi connectivity index (χ4v) is 2.74. The average Bonchev–Trinajstić information content (AvgIpc) is 2.37. The topological polar surface area (TPSA) is 104 Å². The number of carbonyl (C=O) groups is 1. The minimum Gasteiger partial charge on any atom is -0.479 e. The first-order valence-corrected chi connectivity index (χ1v) is 7.11. The van der Waals surface area contributed by atoms with E-state index in [2.05, 4.69) is 0 Å². The van der Waals surface area contributed by atoms with Gasteiger partial charge in [-0.2, -0.15) is 13.2 Å². The molecule has 0 aliphatic carbocycles. The average molecular weight is 327 g/mol. The number of alkyl halides is 3. The molecule has 0 saturated carbocycles. The lowest BCUT2D eigenvalue weighted by Gasteiger charge is -2.14. The molecule has 0 aliphatic heterocycles. The summed E-state index contributed by atoms with van der Waals surface area (Å²) in [5, 5.41) is 17.4. The van der Waals surface area contributed by atoms with Gasteiger partial charge in [0.25, 0.3) is 0 Å². The predicted octanol–water partition coefficient (Wildman–Crippen LogP) is 0.819. The van der Waals surface area contributed by atoms with Crippen LogP contribution in [0, 0.1) is 0 Å². The molecule has 1 rings (SSSR count). The summed E-state index contributed by atoms with van der Waals surface area (Å²) in [5.74, 6) is -1.55. The quantitative estimate of drug-likeness (QED) is 0.718. The van der Waals surface area contributed by atoms with Gasteiger partial charge < -0.3 is 10.2 Å². The Balaban J connectivity index is 2.92.